The molecule has 0 atom stereocenters. The number of benzene rings is 1. The predicted octanol–water partition coefficient (Wildman–Crippen LogP) is 4.89. The molecule has 0 bridgehead atoms. The van der Waals surface area contributed by atoms with Gasteiger partial charge in [-0.3, -0.25) is 0 Å². The van der Waals surface area contributed by atoms with E-state index in [4.69, 9.17) is 22.3 Å². The van der Waals surface area contributed by atoms with Gasteiger partial charge >= 0.3 is 0 Å². The highest BCUT2D eigenvalue weighted by molar-refractivity contribution is 7.98. The SMILES string of the molecule is Cn1c(SCc2nc(N)c3c4c(sc3n2)CCCC4)nnc1-c1ccc(Cl)cc1. The number of rotatable bonds is 4. The standard InChI is InChI=1S/C20H19ClN6S2/c1-27-18(11-6-8-12(21)9-7-11)25-26-20(27)28-10-15-23-17(22)16-13-4-2-3-5-14(13)29-19(16)24-15/h6-9H,2-5,10H2,1H3,(H2,22,23,24). The third kappa shape index (κ3) is 3.49. The minimum absolute atomic E-state index is 0.593. The van der Waals surface area contributed by atoms with E-state index < -0.39 is 0 Å². The molecule has 0 amide bonds. The van der Waals surface area contributed by atoms with Gasteiger partial charge in [-0.15, -0.1) is 21.5 Å². The van der Waals surface area contributed by atoms with E-state index in [9.17, 15) is 0 Å². The zero-order chi connectivity index (χ0) is 20.0. The first kappa shape index (κ1) is 18.8. The van der Waals surface area contributed by atoms with Crippen LogP contribution in [0.2, 0.25) is 5.02 Å². The molecule has 5 rings (SSSR count). The summed E-state index contributed by atoms with van der Waals surface area (Å²) in [5.74, 6) is 2.72. The number of aryl methyl sites for hydroxylation is 2. The largest absolute Gasteiger partial charge is 0.383 e. The number of thiophene rings is 1. The molecule has 3 heterocycles. The van der Waals surface area contributed by atoms with Gasteiger partial charge in [-0.1, -0.05) is 23.4 Å². The van der Waals surface area contributed by atoms with Crippen LogP contribution in [-0.4, -0.2) is 24.7 Å². The zero-order valence-corrected chi connectivity index (χ0v) is 18.2. The predicted molar refractivity (Wildman–Crippen MR) is 119 cm³/mol. The lowest BCUT2D eigenvalue weighted by Gasteiger charge is -2.10. The van der Waals surface area contributed by atoms with Gasteiger partial charge in [0, 0.05) is 22.5 Å². The van der Waals surface area contributed by atoms with Crippen molar-refractivity contribution >= 4 is 50.7 Å². The van der Waals surface area contributed by atoms with Crippen LogP contribution in [0, 0.1) is 0 Å². The van der Waals surface area contributed by atoms with E-state index >= 15 is 0 Å². The van der Waals surface area contributed by atoms with Crippen molar-refractivity contribution in [2.24, 2.45) is 7.05 Å². The van der Waals surface area contributed by atoms with Crippen LogP contribution in [0.5, 0.6) is 0 Å². The maximum atomic E-state index is 6.32. The summed E-state index contributed by atoms with van der Waals surface area (Å²) >= 11 is 9.31. The molecule has 0 radical (unpaired) electrons. The summed E-state index contributed by atoms with van der Waals surface area (Å²) < 4.78 is 1.97. The number of aromatic nitrogens is 5. The van der Waals surface area contributed by atoms with Crippen molar-refractivity contribution in [2.45, 2.75) is 36.6 Å². The molecule has 2 N–H and O–H groups in total. The topological polar surface area (TPSA) is 82.5 Å². The lowest BCUT2D eigenvalue weighted by molar-refractivity contribution is 0.700. The second-order valence-electron chi connectivity index (χ2n) is 7.08. The lowest BCUT2D eigenvalue weighted by Crippen LogP contribution is -2.03. The van der Waals surface area contributed by atoms with Crippen molar-refractivity contribution in [3.63, 3.8) is 0 Å². The fraction of sp³-hybridized carbons (Fsp3) is 0.300. The molecule has 0 saturated heterocycles. The number of nitrogens with two attached hydrogens (primary N) is 1. The highest BCUT2D eigenvalue weighted by Gasteiger charge is 2.20. The zero-order valence-electron chi connectivity index (χ0n) is 15.9. The average molecular weight is 443 g/mol. The fourth-order valence-corrected chi connectivity index (χ4v) is 5.90. The molecule has 1 aliphatic carbocycles. The third-order valence-corrected chi connectivity index (χ3v) is 7.61. The minimum atomic E-state index is 0.593. The van der Waals surface area contributed by atoms with E-state index in [1.807, 2.05) is 35.9 Å². The Kier molecular flexibility index (Phi) is 4.93. The van der Waals surface area contributed by atoms with Gasteiger partial charge in [0.05, 0.1) is 11.1 Å². The summed E-state index contributed by atoms with van der Waals surface area (Å²) in [6.07, 6.45) is 4.69. The molecule has 0 aliphatic heterocycles. The molecule has 0 fully saturated rings. The van der Waals surface area contributed by atoms with Crippen LogP contribution in [0.4, 0.5) is 5.82 Å². The second-order valence-corrected chi connectivity index (χ2v) is 9.54. The quantitative estimate of drug-likeness (QED) is 0.453. The molecular weight excluding hydrogens is 424 g/mol. The summed E-state index contributed by atoms with van der Waals surface area (Å²) in [5.41, 5.74) is 8.66. The highest BCUT2D eigenvalue weighted by atomic mass is 35.5. The van der Waals surface area contributed by atoms with Crippen LogP contribution in [0.3, 0.4) is 0 Å². The molecule has 3 aromatic heterocycles. The first-order chi connectivity index (χ1) is 14.1. The van der Waals surface area contributed by atoms with E-state index in [-0.39, 0.29) is 0 Å². The van der Waals surface area contributed by atoms with Gasteiger partial charge in [-0.05, 0) is 55.5 Å². The number of anilines is 1. The molecule has 9 heteroatoms. The molecule has 6 nitrogen and oxygen atoms in total. The molecule has 0 unspecified atom stereocenters. The van der Waals surface area contributed by atoms with E-state index in [1.165, 1.54) is 23.3 Å². The molecular formula is C20H19ClN6S2. The summed E-state index contributed by atoms with van der Waals surface area (Å²) in [7, 11) is 1.96. The Balaban J connectivity index is 1.39. The first-order valence-electron chi connectivity index (χ1n) is 9.45. The van der Waals surface area contributed by atoms with E-state index in [2.05, 4.69) is 15.2 Å². The van der Waals surface area contributed by atoms with Crippen molar-refractivity contribution in [3.8, 4) is 11.4 Å². The first-order valence-corrected chi connectivity index (χ1v) is 11.6. The number of fused-ring (bicyclic) bond motifs is 3. The van der Waals surface area contributed by atoms with Crippen LogP contribution >= 0.6 is 34.7 Å². The summed E-state index contributed by atoms with van der Waals surface area (Å²) in [5, 5.41) is 11.2. The van der Waals surface area contributed by atoms with Crippen LogP contribution in [0.1, 0.15) is 29.1 Å². The number of nitrogens with zero attached hydrogens (tertiary/aromatic N) is 5. The van der Waals surface area contributed by atoms with E-state index in [0.717, 1.165) is 45.4 Å². The molecule has 4 aromatic rings. The van der Waals surface area contributed by atoms with Gasteiger partial charge in [-0.2, -0.15) is 0 Å². The van der Waals surface area contributed by atoms with Crippen molar-refractivity contribution in [3.05, 3.63) is 45.6 Å². The third-order valence-electron chi connectivity index (χ3n) is 5.16. The number of hydrogen-bond donors (Lipinski definition) is 1. The molecule has 29 heavy (non-hydrogen) atoms. The van der Waals surface area contributed by atoms with E-state index in [0.29, 0.717) is 16.6 Å². The van der Waals surface area contributed by atoms with Gasteiger partial charge < -0.3 is 10.3 Å². The maximum Gasteiger partial charge on any atom is 0.191 e. The molecule has 148 valence electrons. The lowest BCUT2D eigenvalue weighted by atomic mass is 9.97. The average Bonchev–Trinajstić information content (AvgIpc) is 3.27. The Labute approximate surface area is 181 Å². The monoisotopic (exact) mass is 442 g/mol. The minimum Gasteiger partial charge on any atom is -0.383 e. The Morgan fingerprint density at radius 2 is 1.93 bits per heavy atom. The Morgan fingerprint density at radius 1 is 1.14 bits per heavy atom. The number of halogens is 1. The molecule has 1 aromatic carbocycles. The summed E-state index contributed by atoms with van der Waals surface area (Å²) in [4.78, 5) is 11.8. The van der Waals surface area contributed by atoms with Crippen LogP contribution in [0.15, 0.2) is 29.4 Å². The normalized spacial score (nSPS) is 13.7. The van der Waals surface area contributed by atoms with Gasteiger partial charge in [0.25, 0.3) is 0 Å². The fourth-order valence-electron chi connectivity index (χ4n) is 3.72. The Hall–Kier alpha value is -2.16. The van der Waals surface area contributed by atoms with Gasteiger partial charge in [0.15, 0.2) is 11.0 Å². The number of hydrogen-bond acceptors (Lipinski definition) is 7. The van der Waals surface area contributed by atoms with Gasteiger partial charge in [0.2, 0.25) is 0 Å². The van der Waals surface area contributed by atoms with Crippen molar-refractivity contribution in [2.75, 3.05) is 5.73 Å². The maximum absolute atomic E-state index is 6.32. The van der Waals surface area contributed by atoms with Gasteiger partial charge in [-0.25, -0.2) is 9.97 Å². The number of nitrogen functional groups attached to an aromatic ring is 1. The second kappa shape index (κ2) is 7.59. The highest BCUT2D eigenvalue weighted by Crippen LogP contribution is 2.38. The molecule has 0 spiro atoms. The van der Waals surface area contributed by atoms with Crippen LogP contribution in [-0.2, 0) is 25.6 Å². The smallest absolute Gasteiger partial charge is 0.191 e. The summed E-state index contributed by atoms with van der Waals surface area (Å²) in [6.45, 7) is 0. The Morgan fingerprint density at radius 3 is 2.76 bits per heavy atom. The van der Waals surface area contributed by atoms with Crippen molar-refractivity contribution in [1.29, 1.82) is 0 Å². The van der Waals surface area contributed by atoms with Crippen molar-refractivity contribution < 1.29 is 0 Å². The van der Waals surface area contributed by atoms with Crippen molar-refractivity contribution in [1.82, 2.24) is 24.7 Å². The van der Waals surface area contributed by atoms with Gasteiger partial charge in [0.1, 0.15) is 16.5 Å². The summed E-state index contributed by atoms with van der Waals surface area (Å²) in [6, 6.07) is 7.59. The molecule has 0 saturated carbocycles. The number of thioether (sulfide) groups is 1. The van der Waals surface area contributed by atoms with Crippen LogP contribution < -0.4 is 5.73 Å². The van der Waals surface area contributed by atoms with Crippen LogP contribution in [0.25, 0.3) is 21.6 Å². The Bertz CT molecular complexity index is 1200. The van der Waals surface area contributed by atoms with E-state index in [1.54, 1.807) is 23.1 Å². The molecule has 1 aliphatic rings.